The fourth-order valence-corrected chi connectivity index (χ4v) is 1.93. The number of aromatic hydroxyl groups is 1. The number of carbonyl (C=O) groups excluding carboxylic acids is 1. The third-order valence-corrected chi connectivity index (χ3v) is 3.05. The van der Waals surface area contributed by atoms with Gasteiger partial charge in [0.2, 0.25) is 0 Å². The van der Waals surface area contributed by atoms with Gasteiger partial charge < -0.3 is 10.4 Å². The van der Waals surface area contributed by atoms with Crippen molar-refractivity contribution < 1.29 is 9.90 Å². The number of carbonyl (C=O) groups is 1. The average Bonchev–Trinajstić information content (AvgIpc) is 2.50. The number of amides is 1. The lowest BCUT2D eigenvalue weighted by atomic mass is 10.2. The minimum Gasteiger partial charge on any atom is -0.505 e. The summed E-state index contributed by atoms with van der Waals surface area (Å²) in [6.07, 6.45) is 1.41. The number of hydrogen-bond acceptors (Lipinski definition) is 5. The number of anilines is 1. The third-order valence-electron chi connectivity index (χ3n) is 2.83. The first kappa shape index (κ1) is 13.3. The van der Waals surface area contributed by atoms with Crippen LogP contribution in [0.25, 0.3) is 10.9 Å². The molecule has 0 atom stereocenters. The molecule has 0 radical (unpaired) electrons. The molecule has 2 heterocycles. The van der Waals surface area contributed by atoms with E-state index in [2.05, 4.69) is 20.5 Å². The summed E-state index contributed by atoms with van der Waals surface area (Å²) in [6.45, 7) is 0. The Hall–Kier alpha value is -2.73. The zero-order valence-corrected chi connectivity index (χ0v) is 11.4. The van der Waals surface area contributed by atoms with Gasteiger partial charge in [0.25, 0.3) is 5.91 Å². The van der Waals surface area contributed by atoms with Crippen LogP contribution in [-0.4, -0.2) is 26.2 Å². The van der Waals surface area contributed by atoms with Crippen LogP contribution in [0.3, 0.4) is 0 Å². The number of hydrogen-bond donors (Lipinski definition) is 2. The van der Waals surface area contributed by atoms with E-state index in [9.17, 15) is 9.90 Å². The maximum absolute atomic E-state index is 12.1. The standard InChI is InChI=1S/C14H9ClN4O2/c15-8-5-6-11(16-7-8)17-14(21)12-13(20)9-3-1-2-4-10(9)18-19-12/h1-7H,(H,18,20)(H,16,17,21). The Labute approximate surface area is 124 Å². The van der Waals surface area contributed by atoms with Crippen LogP contribution in [0.2, 0.25) is 5.02 Å². The van der Waals surface area contributed by atoms with Gasteiger partial charge in [0.1, 0.15) is 5.82 Å². The van der Waals surface area contributed by atoms with E-state index in [4.69, 9.17) is 11.6 Å². The van der Waals surface area contributed by atoms with Gasteiger partial charge in [-0.15, -0.1) is 10.2 Å². The van der Waals surface area contributed by atoms with Crippen LogP contribution in [0.15, 0.2) is 42.6 Å². The van der Waals surface area contributed by atoms with Crippen LogP contribution in [0, 0.1) is 0 Å². The van der Waals surface area contributed by atoms with Crippen molar-refractivity contribution in [3.05, 3.63) is 53.3 Å². The molecule has 0 aliphatic carbocycles. The highest BCUT2D eigenvalue weighted by Crippen LogP contribution is 2.25. The second kappa shape index (κ2) is 5.34. The van der Waals surface area contributed by atoms with Gasteiger partial charge in [0.05, 0.1) is 10.5 Å². The molecule has 3 aromatic rings. The topological polar surface area (TPSA) is 88.0 Å². The molecule has 0 saturated carbocycles. The summed E-state index contributed by atoms with van der Waals surface area (Å²) in [5.74, 6) is -0.508. The molecule has 0 unspecified atom stereocenters. The largest absolute Gasteiger partial charge is 0.505 e. The summed E-state index contributed by atoms with van der Waals surface area (Å²) in [5.41, 5.74) is 0.349. The van der Waals surface area contributed by atoms with E-state index in [-0.39, 0.29) is 11.4 Å². The molecule has 0 fully saturated rings. The van der Waals surface area contributed by atoms with Crippen molar-refractivity contribution in [2.75, 3.05) is 5.32 Å². The first-order valence-electron chi connectivity index (χ1n) is 6.02. The Kier molecular flexibility index (Phi) is 3.37. The Bertz CT molecular complexity index is 821. The normalized spacial score (nSPS) is 10.5. The lowest BCUT2D eigenvalue weighted by Gasteiger charge is -2.06. The van der Waals surface area contributed by atoms with Crippen molar-refractivity contribution in [3.63, 3.8) is 0 Å². The fraction of sp³-hybridized carbons (Fsp3) is 0. The van der Waals surface area contributed by atoms with Gasteiger partial charge in [-0.25, -0.2) is 4.98 Å². The van der Waals surface area contributed by atoms with Gasteiger partial charge in [0.15, 0.2) is 11.4 Å². The monoisotopic (exact) mass is 300 g/mol. The Morgan fingerprint density at radius 1 is 1.14 bits per heavy atom. The molecule has 7 heteroatoms. The molecule has 0 saturated heterocycles. The predicted octanol–water partition coefficient (Wildman–Crippen LogP) is 2.64. The molecule has 104 valence electrons. The summed E-state index contributed by atoms with van der Waals surface area (Å²) in [6, 6.07) is 10.0. The predicted molar refractivity (Wildman–Crippen MR) is 78.4 cm³/mol. The second-order valence-corrected chi connectivity index (χ2v) is 4.67. The molecular weight excluding hydrogens is 292 g/mol. The quantitative estimate of drug-likeness (QED) is 0.759. The van der Waals surface area contributed by atoms with E-state index < -0.39 is 5.91 Å². The van der Waals surface area contributed by atoms with Crippen molar-refractivity contribution in [2.45, 2.75) is 0 Å². The molecule has 3 rings (SSSR count). The van der Waals surface area contributed by atoms with Gasteiger partial charge in [-0.2, -0.15) is 0 Å². The lowest BCUT2D eigenvalue weighted by Crippen LogP contribution is -2.15. The van der Waals surface area contributed by atoms with Gasteiger partial charge >= 0.3 is 0 Å². The van der Waals surface area contributed by atoms with E-state index in [0.29, 0.717) is 21.7 Å². The molecule has 1 aromatic carbocycles. The SMILES string of the molecule is O=C(Nc1ccc(Cl)cn1)c1nnc2ccccc2c1O. The number of nitrogens with one attached hydrogen (secondary N) is 1. The van der Waals surface area contributed by atoms with Crippen LogP contribution >= 0.6 is 11.6 Å². The molecule has 2 aromatic heterocycles. The molecule has 6 nitrogen and oxygen atoms in total. The Morgan fingerprint density at radius 2 is 1.95 bits per heavy atom. The lowest BCUT2D eigenvalue weighted by molar-refractivity contribution is 0.101. The Morgan fingerprint density at radius 3 is 2.71 bits per heavy atom. The molecule has 1 amide bonds. The molecule has 2 N–H and O–H groups in total. The number of benzene rings is 1. The van der Waals surface area contributed by atoms with E-state index in [1.165, 1.54) is 6.20 Å². The van der Waals surface area contributed by atoms with E-state index in [0.717, 1.165) is 0 Å². The van der Waals surface area contributed by atoms with Gasteiger partial charge in [-0.1, -0.05) is 23.7 Å². The molecular formula is C14H9ClN4O2. The molecule has 0 aliphatic rings. The highest BCUT2D eigenvalue weighted by Gasteiger charge is 2.17. The maximum atomic E-state index is 12.1. The minimum absolute atomic E-state index is 0.162. The number of rotatable bonds is 2. The molecule has 21 heavy (non-hydrogen) atoms. The summed E-state index contributed by atoms with van der Waals surface area (Å²) >= 11 is 5.72. The van der Waals surface area contributed by atoms with Crippen LogP contribution < -0.4 is 5.32 Å². The maximum Gasteiger partial charge on any atom is 0.281 e. The van der Waals surface area contributed by atoms with Crippen LogP contribution in [0.1, 0.15) is 10.5 Å². The molecule has 0 spiro atoms. The van der Waals surface area contributed by atoms with Crippen molar-refractivity contribution in [2.24, 2.45) is 0 Å². The number of halogens is 1. The number of pyridine rings is 1. The van der Waals surface area contributed by atoms with Crippen molar-refractivity contribution in [1.82, 2.24) is 15.2 Å². The van der Waals surface area contributed by atoms with Crippen LogP contribution in [-0.2, 0) is 0 Å². The third kappa shape index (κ3) is 2.61. The molecule has 0 aliphatic heterocycles. The zero-order chi connectivity index (χ0) is 14.8. The minimum atomic E-state index is -0.597. The van der Waals surface area contributed by atoms with Crippen LogP contribution in [0.5, 0.6) is 5.75 Å². The van der Waals surface area contributed by atoms with Crippen molar-refractivity contribution in [1.29, 1.82) is 0 Å². The van der Waals surface area contributed by atoms with Crippen LogP contribution in [0.4, 0.5) is 5.82 Å². The van der Waals surface area contributed by atoms with E-state index >= 15 is 0 Å². The zero-order valence-electron chi connectivity index (χ0n) is 10.6. The number of aromatic nitrogens is 3. The summed E-state index contributed by atoms with van der Waals surface area (Å²) < 4.78 is 0. The van der Waals surface area contributed by atoms with Gasteiger partial charge in [-0.05, 0) is 24.3 Å². The summed E-state index contributed by atoms with van der Waals surface area (Å²) in [4.78, 5) is 16.1. The second-order valence-electron chi connectivity index (χ2n) is 4.23. The van der Waals surface area contributed by atoms with E-state index in [1.54, 1.807) is 36.4 Å². The van der Waals surface area contributed by atoms with Gasteiger partial charge in [-0.3, -0.25) is 4.79 Å². The number of nitrogens with zero attached hydrogens (tertiary/aromatic N) is 3. The summed E-state index contributed by atoms with van der Waals surface area (Å²) in [7, 11) is 0. The molecule has 0 bridgehead atoms. The van der Waals surface area contributed by atoms with Gasteiger partial charge in [0, 0.05) is 11.6 Å². The average molecular weight is 301 g/mol. The smallest absolute Gasteiger partial charge is 0.281 e. The first-order chi connectivity index (χ1) is 10.1. The highest BCUT2D eigenvalue weighted by atomic mass is 35.5. The highest BCUT2D eigenvalue weighted by molar-refractivity contribution is 6.30. The van der Waals surface area contributed by atoms with Crippen molar-refractivity contribution in [3.8, 4) is 5.75 Å². The Balaban J connectivity index is 1.94. The number of fused-ring (bicyclic) bond motifs is 1. The van der Waals surface area contributed by atoms with Crippen molar-refractivity contribution >= 4 is 34.2 Å². The first-order valence-corrected chi connectivity index (χ1v) is 6.40. The van der Waals surface area contributed by atoms with E-state index in [1.807, 2.05) is 0 Å². The summed E-state index contributed by atoms with van der Waals surface area (Å²) in [5, 5.41) is 21.2. The fourth-order valence-electron chi connectivity index (χ4n) is 1.82.